The van der Waals surface area contributed by atoms with Gasteiger partial charge in [-0.1, -0.05) is 103 Å². The molecule has 23 heavy (non-hydrogen) atoms. The monoisotopic (exact) mass is 316 g/mol. The van der Waals surface area contributed by atoms with Crippen molar-refractivity contribution in [1.29, 1.82) is 0 Å². The van der Waals surface area contributed by atoms with Gasteiger partial charge in [-0.15, -0.1) is 0 Å². The highest BCUT2D eigenvalue weighted by Gasteiger charge is 2.11. The predicted octanol–water partition coefficient (Wildman–Crippen LogP) is 4.92. The van der Waals surface area contributed by atoms with Crippen molar-refractivity contribution in [2.24, 2.45) is 0 Å². The molecule has 0 bridgehead atoms. The fourth-order valence-electron chi connectivity index (χ4n) is 2.59. The van der Waals surface area contributed by atoms with Crippen LogP contribution in [-0.2, 0) is 6.42 Å². The van der Waals surface area contributed by atoms with Gasteiger partial charge in [0.05, 0.1) is 0 Å². The van der Waals surface area contributed by atoms with Crippen LogP contribution in [0.4, 0.5) is 0 Å². The Morgan fingerprint density at radius 3 is 1.57 bits per heavy atom. The van der Waals surface area contributed by atoms with Crippen molar-refractivity contribution < 1.29 is 0 Å². The number of hydrogen-bond acceptors (Lipinski definition) is 0. The number of hydrogen-bond donors (Lipinski definition) is 0. The molecule has 0 saturated heterocycles. The van der Waals surface area contributed by atoms with Gasteiger partial charge >= 0.3 is 0 Å². The van der Waals surface area contributed by atoms with Gasteiger partial charge in [-0.3, -0.25) is 0 Å². The van der Waals surface area contributed by atoms with E-state index < -0.39 is 0 Å². The molecule has 114 valence electrons. The van der Waals surface area contributed by atoms with Crippen LogP contribution in [0.5, 0.6) is 0 Å². The van der Waals surface area contributed by atoms with E-state index in [1.807, 2.05) is 0 Å². The van der Waals surface area contributed by atoms with Gasteiger partial charge in [-0.05, 0) is 36.7 Å². The van der Waals surface area contributed by atoms with Crippen LogP contribution in [0.25, 0.3) is 0 Å². The van der Waals surface area contributed by atoms with Crippen molar-refractivity contribution in [3.05, 3.63) is 109 Å². The van der Waals surface area contributed by atoms with Crippen molar-refractivity contribution in [2.45, 2.75) is 6.42 Å². The van der Waals surface area contributed by atoms with Crippen LogP contribution >= 0.6 is 7.92 Å². The fraction of sp³-hybridized carbons (Fsp3) is 0.0909. The third-order valence-corrected chi connectivity index (χ3v) is 6.21. The topological polar surface area (TPSA) is 0 Å². The van der Waals surface area contributed by atoms with E-state index in [-0.39, 0.29) is 7.92 Å². The van der Waals surface area contributed by atoms with Crippen LogP contribution < -0.4 is 10.6 Å². The summed E-state index contributed by atoms with van der Waals surface area (Å²) in [6.07, 6.45) is 6.75. The SMILES string of the molecule is C(=C/CP(c1ccccc1)c1ccccc1)/Cc1ccccc1. The Hall–Kier alpha value is -2.17. The maximum absolute atomic E-state index is 2.35. The maximum Gasteiger partial charge on any atom is -0.00641 e. The summed E-state index contributed by atoms with van der Waals surface area (Å²) in [5.41, 5.74) is 1.37. The van der Waals surface area contributed by atoms with Gasteiger partial charge in [0.1, 0.15) is 0 Å². The second-order valence-electron chi connectivity index (χ2n) is 5.44. The van der Waals surface area contributed by atoms with Gasteiger partial charge in [0.25, 0.3) is 0 Å². The van der Waals surface area contributed by atoms with Crippen LogP contribution in [0.15, 0.2) is 103 Å². The van der Waals surface area contributed by atoms with Gasteiger partial charge in [0, 0.05) is 0 Å². The molecule has 0 nitrogen and oxygen atoms in total. The summed E-state index contributed by atoms with van der Waals surface area (Å²) in [5, 5.41) is 2.89. The Kier molecular flexibility index (Phi) is 5.78. The highest BCUT2D eigenvalue weighted by molar-refractivity contribution is 7.73. The Bertz CT molecular complexity index is 678. The highest BCUT2D eigenvalue weighted by atomic mass is 31.1. The zero-order chi connectivity index (χ0) is 15.7. The van der Waals surface area contributed by atoms with E-state index in [4.69, 9.17) is 0 Å². The minimum Gasteiger partial charge on any atom is -0.0838 e. The summed E-state index contributed by atoms with van der Waals surface area (Å²) in [6.45, 7) is 0. The Morgan fingerprint density at radius 2 is 1.04 bits per heavy atom. The van der Waals surface area contributed by atoms with Gasteiger partial charge in [-0.25, -0.2) is 0 Å². The van der Waals surface area contributed by atoms with E-state index in [2.05, 4.69) is 103 Å². The first kappa shape index (κ1) is 15.7. The summed E-state index contributed by atoms with van der Waals surface area (Å²) in [7, 11) is -0.318. The molecule has 0 fully saturated rings. The van der Waals surface area contributed by atoms with Crippen LogP contribution in [-0.4, -0.2) is 6.16 Å². The first-order chi connectivity index (χ1) is 11.4. The summed E-state index contributed by atoms with van der Waals surface area (Å²) in [5.74, 6) is 0. The number of allylic oxidation sites excluding steroid dienone is 2. The van der Waals surface area contributed by atoms with E-state index in [0.717, 1.165) is 12.6 Å². The zero-order valence-electron chi connectivity index (χ0n) is 13.2. The van der Waals surface area contributed by atoms with E-state index in [9.17, 15) is 0 Å². The maximum atomic E-state index is 2.35. The molecule has 0 aliphatic rings. The van der Waals surface area contributed by atoms with Crippen molar-refractivity contribution >= 4 is 18.5 Å². The molecule has 0 radical (unpaired) electrons. The molecule has 0 heterocycles. The smallest absolute Gasteiger partial charge is 0.00641 e. The predicted molar refractivity (Wildman–Crippen MR) is 103 cm³/mol. The molecule has 0 N–H and O–H groups in total. The van der Waals surface area contributed by atoms with E-state index in [0.29, 0.717) is 0 Å². The lowest BCUT2D eigenvalue weighted by Gasteiger charge is -2.16. The van der Waals surface area contributed by atoms with Crippen LogP contribution in [0.2, 0.25) is 0 Å². The van der Waals surface area contributed by atoms with Crippen LogP contribution in [0.1, 0.15) is 5.56 Å². The van der Waals surface area contributed by atoms with Gasteiger partial charge in [0.2, 0.25) is 0 Å². The van der Waals surface area contributed by atoms with Crippen molar-refractivity contribution in [1.82, 2.24) is 0 Å². The molecule has 3 aromatic rings. The summed E-state index contributed by atoms with van der Waals surface area (Å²) in [6, 6.07) is 32.4. The molecular weight excluding hydrogens is 295 g/mol. The molecule has 0 aliphatic carbocycles. The van der Waals surface area contributed by atoms with Gasteiger partial charge in [-0.2, -0.15) is 0 Å². The Morgan fingerprint density at radius 1 is 0.565 bits per heavy atom. The summed E-state index contributed by atoms with van der Waals surface area (Å²) < 4.78 is 0. The second kappa shape index (κ2) is 8.46. The summed E-state index contributed by atoms with van der Waals surface area (Å²) in [4.78, 5) is 0. The third kappa shape index (κ3) is 4.65. The van der Waals surface area contributed by atoms with E-state index in [1.165, 1.54) is 16.2 Å². The van der Waals surface area contributed by atoms with Crippen molar-refractivity contribution in [3.63, 3.8) is 0 Å². The van der Waals surface area contributed by atoms with Crippen LogP contribution in [0, 0.1) is 0 Å². The largest absolute Gasteiger partial charge is 0.0838 e. The lowest BCUT2D eigenvalue weighted by atomic mass is 10.1. The second-order valence-corrected chi connectivity index (χ2v) is 7.70. The molecule has 0 atom stereocenters. The Balaban J connectivity index is 1.72. The molecule has 0 amide bonds. The van der Waals surface area contributed by atoms with E-state index in [1.54, 1.807) is 0 Å². The molecule has 0 aliphatic heterocycles. The molecule has 0 saturated carbocycles. The minimum atomic E-state index is -0.318. The average Bonchev–Trinajstić information content (AvgIpc) is 2.64. The fourth-order valence-corrected chi connectivity index (χ4v) is 4.73. The molecule has 3 rings (SSSR count). The third-order valence-electron chi connectivity index (χ3n) is 3.79. The van der Waals surface area contributed by atoms with E-state index >= 15 is 0 Å². The highest BCUT2D eigenvalue weighted by Crippen LogP contribution is 2.33. The molecule has 0 spiro atoms. The molecule has 0 unspecified atom stereocenters. The molecular formula is C22H21P. The first-order valence-corrected chi connectivity index (χ1v) is 9.53. The lowest BCUT2D eigenvalue weighted by Crippen LogP contribution is -2.12. The van der Waals surface area contributed by atoms with Gasteiger partial charge in [0.15, 0.2) is 0 Å². The lowest BCUT2D eigenvalue weighted by molar-refractivity contribution is 1.26. The number of benzene rings is 3. The quantitative estimate of drug-likeness (QED) is 0.447. The summed E-state index contributed by atoms with van der Waals surface area (Å²) >= 11 is 0. The first-order valence-electron chi connectivity index (χ1n) is 8.00. The molecule has 0 aromatic heterocycles. The minimum absolute atomic E-state index is 0.318. The Labute approximate surface area is 140 Å². The standard InChI is InChI=1S/C22H21P/c1-4-12-20(13-5-1)14-10-11-19-23(21-15-6-2-7-16-21)22-17-8-3-9-18-22/h1-13,15-18H,14,19H2/b11-10-. The number of rotatable bonds is 6. The van der Waals surface area contributed by atoms with Crippen molar-refractivity contribution in [2.75, 3.05) is 6.16 Å². The zero-order valence-corrected chi connectivity index (χ0v) is 14.1. The van der Waals surface area contributed by atoms with Gasteiger partial charge < -0.3 is 0 Å². The molecule has 3 aromatic carbocycles. The normalized spacial score (nSPS) is 11.2. The average molecular weight is 316 g/mol. The molecule has 1 heteroatoms. The van der Waals surface area contributed by atoms with Crippen LogP contribution in [0.3, 0.4) is 0 Å². The van der Waals surface area contributed by atoms with Crippen molar-refractivity contribution in [3.8, 4) is 0 Å².